The molecule has 2 aromatic rings. The molecule has 0 bridgehead atoms. The Bertz CT molecular complexity index is 1040. The molecule has 32 heavy (non-hydrogen) atoms. The van der Waals surface area contributed by atoms with Crippen LogP contribution >= 0.6 is 11.6 Å². The van der Waals surface area contributed by atoms with E-state index < -0.39 is 18.1 Å². The number of halogens is 4. The fourth-order valence-corrected chi connectivity index (χ4v) is 3.04. The number of benzene rings is 2. The Balaban J connectivity index is 2.24. The minimum Gasteiger partial charge on any atom is -0.464 e. The summed E-state index contributed by atoms with van der Waals surface area (Å²) >= 11 is 6.06. The largest absolute Gasteiger partial charge is 0.573 e. The number of rotatable bonds is 8. The number of hydrogen-bond donors (Lipinski definition) is 0. The van der Waals surface area contributed by atoms with Crippen LogP contribution in [0.1, 0.15) is 29.2 Å². The van der Waals surface area contributed by atoms with E-state index in [2.05, 4.69) is 15.0 Å². The number of carbonyl (C=O) groups excluding carboxylic acids is 1. The molecule has 2 aromatic carbocycles. The van der Waals surface area contributed by atoms with Crippen LogP contribution in [0.25, 0.3) is 0 Å². The molecule has 0 spiro atoms. The van der Waals surface area contributed by atoms with Crippen LogP contribution < -0.4 is 4.74 Å². The normalized spacial score (nSPS) is 12.4. The molecule has 0 aliphatic rings. The molecule has 0 saturated carbocycles. The van der Waals surface area contributed by atoms with Gasteiger partial charge in [-0.3, -0.25) is 0 Å². The van der Waals surface area contributed by atoms with Crippen molar-refractivity contribution in [2.45, 2.75) is 26.8 Å². The number of hydrogen-bond acceptors (Lipinski definition) is 7. The maximum atomic E-state index is 12.3. The Labute approximate surface area is 187 Å². The van der Waals surface area contributed by atoms with Gasteiger partial charge in [-0.15, -0.1) is 13.2 Å². The van der Waals surface area contributed by atoms with E-state index in [4.69, 9.17) is 26.0 Å². The first kappa shape index (κ1) is 25.0. The van der Waals surface area contributed by atoms with Crippen LogP contribution in [0.5, 0.6) is 5.75 Å². The van der Waals surface area contributed by atoms with E-state index in [0.29, 0.717) is 22.4 Å². The summed E-state index contributed by atoms with van der Waals surface area (Å²) in [4.78, 5) is 22.3. The third-order valence-electron chi connectivity index (χ3n) is 4.20. The molecule has 0 fully saturated rings. The molecule has 0 atom stereocenters. The summed E-state index contributed by atoms with van der Waals surface area (Å²) in [5.41, 5.74) is 2.50. The van der Waals surface area contributed by atoms with E-state index >= 15 is 0 Å². The van der Waals surface area contributed by atoms with Crippen LogP contribution in [-0.4, -0.2) is 38.0 Å². The molecule has 0 aromatic heterocycles. The van der Waals surface area contributed by atoms with Gasteiger partial charge >= 0.3 is 12.3 Å². The Morgan fingerprint density at radius 3 is 2.41 bits per heavy atom. The van der Waals surface area contributed by atoms with Crippen molar-refractivity contribution in [2.24, 2.45) is 10.3 Å². The van der Waals surface area contributed by atoms with Crippen molar-refractivity contribution in [3.63, 3.8) is 0 Å². The van der Waals surface area contributed by atoms with Gasteiger partial charge in [-0.25, -0.2) is 4.79 Å². The number of ether oxygens (including phenoxy) is 2. The summed E-state index contributed by atoms with van der Waals surface area (Å²) in [5, 5.41) is 7.74. The lowest BCUT2D eigenvalue weighted by Gasteiger charge is -2.13. The van der Waals surface area contributed by atoms with E-state index in [1.165, 1.54) is 20.3 Å². The van der Waals surface area contributed by atoms with E-state index in [1.807, 2.05) is 13.0 Å². The first-order chi connectivity index (χ1) is 15.1. The summed E-state index contributed by atoms with van der Waals surface area (Å²) in [6.45, 7) is 3.36. The number of carbonyl (C=O) groups is 1. The van der Waals surface area contributed by atoms with E-state index in [9.17, 15) is 18.0 Å². The van der Waals surface area contributed by atoms with Crippen molar-refractivity contribution in [3.8, 4) is 5.75 Å². The molecule has 0 unspecified atom stereocenters. The second kappa shape index (κ2) is 10.9. The van der Waals surface area contributed by atoms with Gasteiger partial charge in [-0.2, -0.15) is 0 Å². The maximum absolute atomic E-state index is 12.3. The minimum absolute atomic E-state index is 0.00776. The standard InChI is InChI=1S/C21H20ClF3N2O5/c1-12-6-5-7-16(19(27-30-4)20(28)29-3)17(12)11-31-26-13(2)15-9-8-14(10-18(15)22)32-21(23,24)25/h5-10H,11H2,1-4H3/b26-13+,27-19+. The quantitative estimate of drug-likeness (QED) is 0.306. The first-order valence-corrected chi connectivity index (χ1v) is 9.45. The van der Waals surface area contributed by atoms with Crippen molar-refractivity contribution in [3.05, 3.63) is 63.7 Å². The van der Waals surface area contributed by atoms with Gasteiger partial charge in [0.25, 0.3) is 0 Å². The lowest BCUT2D eigenvalue weighted by Crippen LogP contribution is -2.20. The number of oxime groups is 2. The summed E-state index contributed by atoms with van der Waals surface area (Å²) < 4.78 is 45.6. The third-order valence-corrected chi connectivity index (χ3v) is 4.51. The Kier molecular flexibility index (Phi) is 8.48. The monoisotopic (exact) mass is 472 g/mol. The number of aryl methyl sites for hydroxylation is 1. The van der Waals surface area contributed by atoms with Crippen molar-refractivity contribution < 1.29 is 37.1 Å². The number of nitrogens with zero attached hydrogens (tertiary/aromatic N) is 2. The van der Waals surface area contributed by atoms with Crippen molar-refractivity contribution in [1.29, 1.82) is 0 Å². The molecular weight excluding hydrogens is 453 g/mol. The molecule has 7 nitrogen and oxygen atoms in total. The van der Waals surface area contributed by atoms with Crippen LogP contribution in [-0.2, 0) is 25.8 Å². The van der Waals surface area contributed by atoms with Crippen molar-refractivity contribution in [2.75, 3.05) is 14.2 Å². The van der Waals surface area contributed by atoms with Gasteiger partial charge in [0.1, 0.15) is 19.5 Å². The highest BCUT2D eigenvalue weighted by molar-refractivity contribution is 6.43. The second-order valence-corrected chi connectivity index (χ2v) is 6.76. The molecule has 0 heterocycles. The zero-order valence-corrected chi connectivity index (χ0v) is 18.4. The molecule has 0 aliphatic heterocycles. The van der Waals surface area contributed by atoms with Crippen LogP contribution in [0.15, 0.2) is 46.7 Å². The lowest BCUT2D eigenvalue weighted by molar-refractivity contribution is -0.274. The molecule has 11 heteroatoms. The van der Waals surface area contributed by atoms with Crippen molar-refractivity contribution in [1.82, 2.24) is 0 Å². The van der Waals surface area contributed by atoms with Gasteiger partial charge in [0, 0.05) is 16.7 Å². The molecule has 2 rings (SSSR count). The SMILES string of the molecule is CO/N=C(/C(=O)OC)c1cccc(C)c1CO/N=C(\C)c1ccc(OC(F)(F)F)cc1Cl. The smallest absolute Gasteiger partial charge is 0.464 e. The average Bonchev–Trinajstić information content (AvgIpc) is 2.71. The van der Waals surface area contributed by atoms with Crippen LogP contribution in [0.4, 0.5) is 13.2 Å². The van der Waals surface area contributed by atoms with Gasteiger partial charge in [0.2, 0.25) is 0 Å². The number of alkyl halides is 3. The molecule has 0 N–H and O–H groups in total. The summed E-state index contributed by atoms with van der Waals surface area (Å²) in [5.74, 6) is -1.14. The Morgan fingerprint density at radius 1 is 1.09 bits per heavy atom. The second-order valence-electron chi connectivity index (χ2n) is 6.35. The molecular formula is C21H20ClF3N2O5. The van der Waals surface area contributed by atoms with E-state index in [-0.39, 0.29) is 17.3 Å². The first-order valence-electron chi connectivity index (χ1n) is 9.08. The van der Waals surface area contributed by atoms with Crippen molar-refractivity contribution >= 4 is 29.0 Å². The number of methoxy groups -OCH3 is 1. The summed E-state index contributed by atoms with van der Waals surface area (Å²) in [6, 6.07) is 8.71. The Hall–Kier alpha value is -3.27. The van der Waals surface area contributed by atoms with Gasteiger partial charge in [0.05, 0.1) is 17.8 Å². The lowest BCUT2D eigenvalue weighted by atomic mass is 9.99. The van der Waals surface area contributed by atoms with Crippen LogP contribution in [0.3, 0.4) is 0 Å². The van der Waals surface area contributed by atoms with Gasteiger partial charge in [-0.1, -0.05) is 40.1 Å². The minimum atomic E-state index is -4.82. The Morgan fingerprint density at radius 2 is 1.81 bits per heavy atom. The molecule has 0 amide bonds. The average molecular weight is 473 g/mol. The molecule has 0 aliphatic carbocycles. The van der Waals surface area contributed by atoms with Crippen LogP contribution in [0, 0.1) is 6.92 Å². The molecule has 0 radical (unpaired) electrons. The van der Waals surface area contributed by atoms with E-state index in [0.717, 1.165) is 17.7 Å². The highest BCUT2D eigenvalue weighted by Crippen LogP contribution is 2.28. The maximum Gasteiger partial charge on any atom is 0.573 e. The molecule has 0 saturated heterocycles. The zero-order chi connectivity index (χ0) is 23.9. The van der Waals surface area contributed by atoms with Gasteiger partial charge in [0.15, 0.2) is 5.71 Å². The summed E-state index contributed by atoms with van der Waals surface area (Å²) in [7, 11) is 2.53. The van der Waals surface area contributed by atoms with E-state index in [1.54, 1.807) is 19.1 Å². The third kappa shape index (κ3) is 6.61. The molecule has 172 valence electrons. The number of esters is 1. The van der Waals surface area contributed by atoms with Gasteiger partial charge < -0.3 is 19.1 Å². The van der Waals surface area contributed by atoms with Crippen LogP contribution in [0.2, 0.25) is 5.02 Å². The highest BCUT2D eigenvalue weighted by Gasteiger charge is 2.31. The predicted octanol–water partition coefficient (Wildman–Crippen LogP) is 5.01. The fraction of sp³-hybridized carbons (Fsp3) is 0.286. The highest BCUT2D eigenvalue weighted by atomic mass is 35.5. The topological polar surface area (TPSA) is 78.7 Å². The zero-order valence-electron chi connectivity index (χ0n) is 17.6. The summed E-state index contributed by atoms with van der Waals surface area (Å²) in [6.07, 6.45) is -4.82. The van der Waals surface area contributed by atoms with Gasteiger partial charge in [-0.05, 0) is 37.6 Å². The fourth-order valence-electron chi connectivity index (χ4n) is 2.73. The predicted molar refractivity (Wildman–Crippen MR) is 112 cm³/mol.